The molecule has 0 saturated carbocycles. The summed E-state index contributed by atoms with van der Waals surface area (Å²) in [5.41, 5.74) is 0.222. The first-order valence-electron chi connectivity index (χ1n) is 4.02. The van der Waals surface area contributed by atoms with Crippen LogP contribution in [-0.4, -0.2) is 30.0 Å². The van der Waals surface area contributed by atoms with Gasteiger partial charge in [-0.1, -0.05) is 6.92 Å². The maximum atomic E-state index is 9.37. The molecule has 4 heteroatoms. The normalized spacial score (nSPS) is 19.6. The summed E-state index contributed by atoms with van der Waals surface area (Å²) in [5.74, 6) is -0.745. The van der Waals surface area contributed by atoms with Gasteiger partial charge in [-0.3, -0.25) is 10.1 Å². The molecule has 1 heterocycles. The van der Waals surface area contributed by atoms with Crippen LogP contribution in [0.25, 0.3) is 0 Å². The molecule has 0 atom stereocenters. The molecule has 0 aliphatic carbocycles. The number of aliphatic carboxylic acids is 1. The van der Waals surface area contributed by atoms with Gasteiger partial charge in [0.25, 0.3) is 0 Å². The van der Waals surface area contributed by atoms with Crippen molar-refractivity contribution in [2.24, 2.45) is 0 Å². The summed E-state index contributed by atoms with van der Waals surface area (Å²) < 4.78 is 5.05. The Morgan fingerprint density at radius 1 is 1.67 bits per heavy atom. The third-order valence-corrected chi connectivity index (χ3v) is 1.42. The van der Waals surface area contributed by atoms with E-state index in [2.05, 4.69) is 19.2 Å². The second kappa shape index (κ2) is 5.11. The molecule has 0 spiro atoms. The van der Waals surface area contributed by atoms with Gasteiger partial charge in [-0.15, -0.1) is 0 Å². The van der Waals surface area contributed by atoms with Crippen LogP contribution in [-0.2, 0) is 9.53 Å². The molecule has 72 valence electrons. The fraction of sp³-hybridized carbons (Fsp3) is 0.875. The summed E-state index contributed by atoms with van der Waals surface area (Å²) in [6.45, 7) is 7.41. The van der Waals surface area contributed by atoms with Gasteiger partial charge in [0.2, 0.25) is 0 Å². The van der Waals surface area contributed by atoms with Crippen molar-refractivity contribution in [3.8, 4) is 0 Å². The minimum Gasteiger partial charge on any atom is -0.481 e. The molecule has 12 heavy (non-hydrogen) atoms. The lowest BCUT2D eigenvalue weighted by molar-refractivity contribution is -0.136. The van der Waals surface area contributed by atoms with Crippen molar-refractivity contribution in [2.45, 2.75) is 32.7 Å². The molecule has 1 saturated heterocycles. The monoisotopic (exact) mass is 175 g/mol. The van der Waals surface area contributed by atoms with Gasteiger partial charge in [0.05, 0.1) is 13.3 Å². The summed E-state index contributed by atoms with van der Waals surface area (Å²) in [6, 6.07) is 0. The minimum absolute atomic E-state index is 0.222. The minimum atomic E-state index is -0.745. The second-order valence-corrected chi connectivity index (χ2v) is 3.30. The highest BCUT2D eigenvalue weighted by Crippen LogP contribution is 2.06. The maximum absolute atomic E-state index is 9.37. The summed E-state index contributed by atoms with van der Waals surface area (Å²) in [5, 5.41) is 10.9. The van der Waals surface area contributed by atoms with E-state index >= 15 is 0 Å². The molecule has 0 aromatic rings. The number of hydrogen-bond acceptors (Lipinski definition) is 3. The Hall–Kier alpha value is -0.610. The molecular formula is C8H17NO3. The molecule has 1 aliphatic heterocycles. The Labute approximate surface area is 72.9 Å². The van der Waals surface area contributed by atoms with E-state index in [-0.39, 0.29) is 12.0 Å². The van der Waals surface area contributed by atoms with Crippen molar-refractivity contribution in [3.05, 3.63) is 0 Å². The van der Waals surface area contributed by atoms with Crippen LogP contribution in [0.5, 0.6) is 0 Å². The van der Waals surface area contributed by atoms with E-state index < -0.39 is 5.97 Å². The van der Waals surface area contributed by atoms with Gasteiger partial charge in [-0.05, 0) is 13.8 Å². The van der Waals surface area contributed by atoms with Crippen LogP contribution in [0.1, 0.15) is 27.2 Å². The van der Waals surface area contributed by atoms with E-state index in [1.54, 1.807) is 6.92 Å². The average molecular weight is 175 g/mol. The standard InChI is InChI=1S/C5H11NO.C3H6O2/c1-5(2)3-7-4-6-5;1-2-3(4)5/h6H,3-4H2,1-2H3;2H2,1H3,(H,4,5). The van der Waals surface area contributed by atoms with Gasteiger partial charge in [0.15, 0.2) is 0 Å². The molecule has 1 rings (SSSR count). The number of hydrogen-bond donors (Lipinski definition) is 2. The predicted octanol–water partition coefficient (Wildman–Crippen LogP) is 0.823. The fourth-order valence-electron chi connectivity index (χ4n) is 0.604. The zero-order valence-corrected chi connectivity index (χ0v) is 7.89. The number of carboxylic acid groups (broad SMARTS) is 1. The highest BCUT2D eigenvalue weighted by atomic mass is 16.5. The molecule has 0 aromatic carbocycles. The van der Waals surface area contributed by atoms with Gasteiger partial charge in [-0.2, -0.15) is 0 Å². The highest BCUT2D eigenvalue weighted by Gasteiger charge is 2.21. The summed E-state index contributed by atoms with van der Waals surface area (Å²) in [7, 11) is 0. The molecule has 0 unspecified atom stereocenters. The highest BCUT2D eigenvalue weighted by molar-refractivity contribution is 5.66. The number of rotatable bonds is 1. The van der Waals surface area contributed by atoms with Crippen molar-refractivity contribution in [1.82, 2.24) is 5.32 Å². The van der Waals surface area contributed by atoms with E-state index in [1.165, 1.54) is 0 Å². The lowest BCUT2D eigenvalue weighted by Gasteiger charge is -2.12. The molecular weight excluding hydrogens is 158 g/mol. The summed E-state index contributed by atoms with van der Waals surface area (Å²) in [6.07, 6.45) is 0.222. The molecule has 0 amide bonds. The Morgan fingerprint density at radius 3 is 2.25 bits per heavy atom. The molecule has 0 radical (unpaired) electrons. The zero-order chi connectivity index (χ0) is 9.61. The average Bonchev–Trinajstić information content (AvgIpc) is 2.35. The Morgan fingerprint density at radius 2 is 2.17 bits per heavy atom. The Kier molecular flexibility index (Phi) is 4.85. The van der Waals surface area contributed by atoms with Crippen LogP contribution in [0.15, 0.2) is 0 Å². The van der Waals surface area contributed by atoms with Crippen LogP contribution < -0.4 is 5.32 Å². The lowest BCUT2D eigenvalue weighted by atomic mass is 10.1. The first-order chi connectivity index (χ1) is 5.48. The number of carboxylic acids is 1. The predicted molar refractivity (Wildman–Crippen MR) is 46.0 cm³/mol. The Balaban J connectivity index is 0.000000217. The molecule has 1 fully saturated rings. The largest absolute Gasteiger partial charge is 0.481 e. The maximum Gasteiger partial charge on any atom is 0.303 e. The third-order valence-electron chi connectivity index (χ3n) is 1.42. The van der Waals surface area contributed by atoms with Crippen LogP contribution in [0.2, 0.25) is 0 Å². The van der Waals surface area contributed by atoms with Crippen molar-refractivity contribution in [2.75, 3.05) is 13.3 Å². The van der Waals surface area contributed by atoms with E-state index in [0.29, 0.717) is 6.73 Å². The molecule has 1 aliphatic rings. The number of carbonyl (C=O) groups is 1. The van der Waals surface area contributed by atoms with Crippen LogP contribution in [0.4, 0.5) is 0 Å². The number of nitrogens with one attached hydrogen (secondary N) is 1. The third kappa shape index (κ3) is 6.12. The van der Waals surface area contributed by atoms with Crippen molar-refractivity contribution in [3.63, 3.8) is 0 Å². The number of ether oxygens (including phenoxy) is 1. The van der Waals surface area contributed by atoms with E-state index in [0.717, 1.165) is 6.61 Å². The zero-order valence-electron chi connectivity index (χ0n) is 7.89. The quantitative estimate of drug-likeness (QED) is 0.619. The van der Waals surface area contributed by atoms with E-state index in [1.807, 2.05) is 0 Å². The van der Waals surface area contributed by atoms with Gasteiger partial charge in [0.1, 0.15) is 0 Å². The first kappa shape index (κ1) is 11.4. The SMILES string of the molecule is CC1(C)COCN1.CCC(=O)O. The molecule has 0 bridgehead atoms. The molecule has 2 N–H and O–H groups in total. The van der Waals surface area contributed by atoms with Gasteiger partial charge >= 0.3 is 5.97 Å². The van der Waals surface area contributed by atoms with Crippen LogP contribution >= 0.6 is 0 Å². The second-order valence-electron chi connectivity index (χ2n) is 3.30. The van der Waals surface area contributed by atoms with E-state index in [9.17, 15) is 4.79 Å². The smallest absolute Gasteiger partial charge is 0.303 e. The van der Waals surface area contributed by atoms with Crippen LogP contribution in [0, 0.1) is 0 Å². The fourth-order valence-corrected chi connectivity index (χ4v) is 0.604. The van der Waals surface area contributed by atoms with Crippen molar-refractivity contribution >= 4 is 5.97 Å². The van der Waals surface area contributed by atoms with Crippen molar-refractivity contribution in [1.29, 1.82) is 0 Å². The summed E-state index contributed by atoms with van der Waals surface area (Å²) in [4.78, 5) is 9.37. The van der Waals surface area contributed by atoms with Gasteiger partial charge < -0.3 is 9.84 Å². The van der Waals surface area contributed by atoms with E-state index in [4.69, 9.17) is 9.84 Å². The van der Waals surface area contributed by atoms with Crippen LogP contribution in [0.3, 0.4) is 0 Å². The topological polar surface area (TPSA) is 58.6 Å². The van der Waals surface area contributed by atoms with Gasteiger partial charge in [-0.25, -0.2) is 0 Å². The summed E-state index contributed by atoms with van der Waals surface area (Å²) >= 11 is 0. The molecule has 0 aromatic heterocycles. The lowest BCUT2D eigenvalue weighted by Crippen LogP contribution is -2.34. The Bertz CT molecular complexity index is 137. The van der Waals surface area contributed by atoms with Crippen molar-refractivity contribution < 1.29 is 14.6 Å². The van der Waals surface area contributed by atoms with Gasteiger partial charge in [0, 0.05) is 12.0 Å². The molecule has 4 nitrogen and oxygen atoms in total. The first-order valence-corrected chi connectivity index (χ1v) is 4.02.